The number of anilines is 1. The van der Waals surface area contributed by atoms with Gasteiger partial charge in [-0.2, -0.15) is 0 Å². The lowest BCUT2D eigenvalue weighted by Gasteiger charge is -2.34. The number of hydrogen-bond donors (Lipinski definition) is 1. The fourth-order valence-corrected chi connectivity index (χ4v) is 3.57. The minimum Gasteiger partial charge on any atom is -0.371 e. The van der Waals surface area contributed by atoms with Gasteiger partial charge >= 0.3 is 0 Å². The summed E-state index contributed by atoms with van der Waals surface area (Å²) < 4.78 is 0. The Balaban J connectivity index is 1.80. The zero-order valence-corrected chi connectivity index (χ0v) is 11.6. The molecule has 2 nitrogen and oxygen atoms in total. The Morgan fingerprint density at radius 1 is 1.11 bits per heavy atom. The van der Waals surface area contributed by atoms with Gasteiger partial charge in [0.2, 0.25) is 0 Å². The van der Waals surface area contributed by atoms with Crippen LogP contribution >= 0.6 is 0 Å². The van der Waals surface area contributed by atoms with Gasteiger partial charge in [-0.3, -0.25) is 0 Å². The highest BCUT2D eigenvalue weighted by Crippen LogP contribution is 2.41. The Labute approximate surface area is 110 Å². The highest BCUT2D eigenvalue weighted by molar-refractivity contribution is 5.56. The van der Waals surface area contributed by atoms with Crippen molar-refractivity contribution in [1.29, 1.82) is 0 Å². The van der Waals surface area contributed by atoms with Gasteiger partial charge in [0.15, 0.2) is 0 Å². The molecule has 0 saturated carbocycles. The van der Waals surface area contributed by atoms with Crippen LogP contribution in [0.2, 0.25) is 0 Å². The van der Waals surface area contributed by atoms with Crippen LogP contribution < -0.4 is 10.2 Å². The minimum absolute atomic E-state index is 0.599. The van der Waals surface area contributed by atoms with Gasteiger partial charge in [0, 0.05) is 18.8 Å². The van der Waals surface area contributed by atoms with E-state index in [1.165, 1.54) is 62.3 Å². The van der Waals surface area contributed by atoms with Gasteiger partial charge in [0.05, 0.1) is 0 Å². The van der Waals surface area contributed by atoms with Crippen molar-refractivity contribution in [3.05, 3.63) is 29.3 Å². The molecule has 0 atom stereocenters. The van der Waals surface area contributed by atoms with Crippen molar-refractivity contribution >= 4 is 5.69 Å². The minimum atomic E-state index is 0.599. The van der Waals surface area contributed by atoms with Crippen LogP contribution in [0.15, 0.2) is 18.2 Å². The lowest BCUT2D eigenvalue weighted by Crippen LogP contribution is -2.38. The van der Waals surface area contributed by atoms with Crippen molar-refractivity contribution in [3.8, 4) is 0 Å². The molecule has 1 N–H and O–H groups in total. The molecule has 3 rings (SSSR count). The van der Waals surface area contributed by atoms with E-state index >= 15 is 0 Å². The van der Waals surface area contributed by atoms with Crippen LogP contribution in [-0.2, 0) is 0 Å². The van der Waals surface area contributed by atoms with Gasteiger partial charge < -0.3 is 10.2 Å². The van der Waals surface area contributed by atoms with Crippen molar-refractivity contribution < 1.29 is 0 Å². The largest absolute Gasteiger partial charge is 0.371 e. The zero-order valence-electron chi connectivity index (χ0n) is 11.6. The smallest absolute Gasteiger partial charge is 0.0398 e. The molecular formula is C16H24N2. The molecule has 2 saturated heterocycles. The number of benzene rings is 1. The van der Waals surface area contributed by atoms with Crippen molar-refractivity contribution in [3.63, 3.8) is 0 Å². The maximum Gasteiger partial charge on any atom is 0.0398 e. The first kappa shape index (κ1) is 12.0. The molecule has 0 unspecified atom stereocenters. The molecule has 0 bridgehead atoms. The number of rotatable bonds is 1. The third-order valence-corrected chi connectivity index (χ3v) is 4.81. The van der Waals surface area contributed by atoms with E-state index in [1.54, 1.807) is 0 Å². The monoisotopic (exact) mass is 244 g/mol. The van der Waals surface area contributed by atoms with Gasteiger partial charge in [-0.05, 0) is 68.8 Å². The molecule has 0 aromatic heterocycles. The van der Waals surface area contributed by atoms with Crippen LogP contribution in [0.3, 0.4) is 0 Å². The Morgan fingerprint density at radius 3 is 2.67 bits per heavy atom. The van der Waals surface area contributed by atoms with Crippen LogP contribution in [0.25, 0.3) is 0 Å². The number of nitrogens with one attached hydrogen (secondary N) is 1. The van der Waals surface area contributed by atoms with E-state index in [9.17, 15) is 0 Å². The molecule has 1 aromatic carbocycles. The first-order valence-electron chi connectivity index (χ1n) is 7.22. The summed E-state index contributed by atoms with van der Waals surface area (Å²) >= 11 is 0. The van der Waals surface area contributed by atoms with E-state index < -0.39 is 0 Å². The maximum absolute atomic E-state index is 3.49. The summed E-state index contributed by atoms with van der Waals surface area (Å²) in [6.45, 7) is 9.35. The number of piperidine rings is 1. The van der Waals surface area contributed by atoms with Crippen LogP contribution in [-0.4, -0.2) is 26.2 Å². The second-order valence-electron chi connectivity index (χ2n) is 6.21. The Bertz CT molecular complexity index is 433. The predicted molar refractivity (Wildman–Crippen MR) is 77.3 cm³/mol. The lowest BCUT2D eigenvalue weighted by atomic mass is 9.78. The summed E-state index contributed by atoms with van der Waals surface area (Å²) in [6, 6.07) is 6.84. The first-order valence-corrected chi connectivity index (χ1v) is 7.22. The summed E-state index contributed by atoms with van der Waals surface area (Å²) in [6.07, 6.45) is 4.09. The fraction of sp³-hybridized carbons (Fsp3) is 0.625. The van der Waals surface area contributed by atoms with E-state index in [2.05, 4.69) is 42.3 Å². The molecule has 18 heavy (non-hydrogen) atoms. The summed E-state index contributed by atoms with van der Waals surface area (Å²) in [4.78, 5) is 2.62. The number of aryl methyl sites for hydroxylation is 2. The zero-order chi connectivity index (χ0) is 12.6. The maximum atomic E-state index is 3.49. The molecule has 0 aliphatic carbocycles. The number of nitrogens with zero attached hydrogens (tertiary/aromatic N) is 1. The average molecular weight is 244 g/mol. The predicted octanol–water partition coefficient (Wildman–Crippen LogP) is 2.88. The van der Waals surface area contributed by atoms with Crippen LogP contribution in [0.5, 0.6) is 0 Å². The molecule has 2 fully saturated rings. The van der Waals surface area contributed by atoms with Crippen molar-refractivity contribution in [2.24, 2.45) is 5.41 Å². The molecule has 2 aliphatic heterocycles. The van der Waals surface area contributed by atoms with E-state index in [0.717, 1.165) is 0 Å². The van der Waals surface area contributed by atoms with Gasteiger partial charge in [-0.15, -0.1) is 0 Å². The van der Waals surface area contributed by atoms with Crippen molar-refractivity contribution in [1.82, 2.24) is 5.32 Å². The average Bonchev–Trinajstić information content (AvgIpc) is 2.77. The Kier molecular flexibility index (Phi) is 3.06. The van der Waals surface area contributed by atoms with Gasteiger partial charge in [0.25, 0.3) is 0 Å². The highest BCUT2D eigenvalue weighted by atomic mass is 15.2. The SMILES string of the molecule is Cc1ccc(C)c(N2CCC3(CCNCC3)C2)c1. The summed E-state index contributed by atoms with van der Waals surface area (Å²) in [5.74, 6) is 0. The molecule has 1 spiro atoms. The van der Waals surface area contributed by atoms with E-state index in [4.69, 9.17) is 0 Å². The van der Waals surface area contributed by atoms with Crippen molar-refractivity contribution in [2.75, 3.05) is 31.1 Å². The number of hydrogen-bond acceptors (Lipinski definition) is 2. The lowest BCUT2D eigenvalue weighted by molar-refractivity contribution is 0.232. The second kappa shape index (κ2) is 4.58. The summed E-state index contributed by atoms with van der Waals surface area (Å²) in [5, 5.41) is 3.49. The van der Waals surface area contributed by atoms with Crippen LogP contribution in [0, 0.1) is 19.3 Å². The topological polar surface area (TPSA) is 15.3 Å². The van der Waals surface area contributed by atoms with E-state index in [-0.39, 0.29) is 0 Å². The first-order chi connectivity index (χ1) is 8.69. The molecule has 0 radical (unpaired) electrons. The fourth-order valence-electron chi connectivity index (χ4n) is 3.57. The summed E-state index contributed by atoms with van der Waals surface area (Å²) in [5.41, 5.74) is 4.86. The Hall–Kier alpha value is -1.02. The van der Waals surface area contributed by atoms with Gasteiger partial charge in [-0.1, -0.05) is 12.1 Å². The molecule has 2 heteroatoms. The molecule has 2 aliphatic rings. The van der Waals surface area contributed by atoms with Gasteiger partial charge in [0.1, 0.15) is 0 Å². The normalized spacial score (nSPS) is 22.7. The molecular weight excluding hydrogens is 220 g/mol. The van der Waals surface area contributed by atoms with Crippen LogP contribution in [0.1, 0.15) is 30.4 Å². The second-order valence-corrected chi connectivity index (χ2v) is 6.21. The van der Waals surface area contributed by atoms with Crippen LogP contribution in [0.4, 0.5) is 5.69 Å². The Morgan fingerprint density at radius 2 is 1.89 bits per heavy atom. The highest BCUT2D eigenvalue weighted by Gasteiger charge is 2.39. The quantitative estimate of drug-likeness (QED) is 0.817. The molecule has 0 amide bonds. The van der Waals surface area contributed by atoms with E-state index in [0.29, 0.717) is 5.41 Å². The van der Waals surface area contributed by atoms with Gasteiger partial charge in [-0.25, -0.2) is 0 Å². The summed E-state index contributed by atoms with van der Waals surface area (Å²) in [7, 11) is 0. The third-order valence-electron chi connectivity index (χ3n) is 4.81. The molecule has 1 aromatic rings. The van der Waals surface area contributed by atoms with E-state index in [1.807, 2.05) is 0 Å². The molecule has 98 valence electrons. The molecule has 2 heterocycles. The third kappa shape index (κ3) is 2.14. The standard InChI is InChI=1S/C16H24N2/c1-13-3-4-14(2)15(11-13)18-10-7-16(12-18)5-8-17-9-6-16/h3-4,11,17H,5-10,12H2,1-2H3. The van der Waals surface area contributed by atoms with Crippen molar-refractivity contribution in [2.45, 2.75) is 33.1 Å².